The number of aliphatic hydroxyl groups excluding tert-OH is 1. The molecule has 1 atom stereocenters. The molecule has 0 saturated carbocycles. The van der Waals surface area contributed by atoms with Gasteiger partial charge in [-0.05, 0) is 91.3 Å². The highest BCUT2D eigenvalue weighted by Gasteiger charge is 2.46. The fourth-order valence-corrected chi connectivity index (χ4v) is 5.91. The minimum atomic E-state index is -0.820. The van der Waals surface area contributed by atoms with Gasteiger partial charge in [0.25, 0.3) is 11.7 Å². The van der Waals surface area contributed by atoms with E-state index < -0.39 is 17.7 Å². The first-order valence-electron chi connectivity index (χ1n) is 16.2. The first-order chi connectivity index (χ1) is 23.3. The van der Waals surface area contributed by atoms with E-state index in [2.05, 4.69) is 18.7 Å². The molecule has 48 heavy (non-hydrogen) atoms. The third-order valence-corrected chi connectivity index (χ3v) is 8.75. The Balaban J connectivity index is 1.44. The zero-order valence-corrected chi connectivity index (χ0v) is 28.3. The Morgan fingerprint density at radius 1 is 0.833 bits per heavy atom. The molecular formula is C39H41ClN2O6. The number of ketones is 1. The zero-order chi connectivity index (χ0) is 34.0. The van der Waals surface area contributed by atoms with E-state index in [0.29, 0.717) is 59.6 Å². The quantitative estimate of drug-likeness (QED) is 0.0791. The second-order valence-corrected chi connectivity index (χ2v) is 11.9. The van der Waals surface area contributed by atoms with E-state index in [9.17, 15) is 14.7 Å². The summed E-state index contributed by atoms with van der Waals surface area (Å²) in [6.45, 7) is 7.77. The van der Waals surface area contributed by atoms with Crippen LogP contribution in [0.3, 0.4) is 0 Å². The van der Waals surface area contributed by atoms with Gasteiger partial charge in [0.1, 0.15) is 24.7 Å². The lowest BCUT2D eigenvalue weighted by Crippen LogP contribution is -2.33. The van der Waals surface area contributed by atoms with Crippen molar-refractivity contribution in [1.82, 2.24) is 9.80 Å². The molecular weight excluding hydrogens is 628 g/mol. The summed E-state index contributed by atoms with van der Waals surface area (Å²) in [4.78, 5) is 31.0. The Labute approximate surface area is 287 Å². The van der Waals surface area contributed by atoms with Crippen LogP contribution in [-0.2, 0) is 22.8 Å². The van der Waals surface area contributed by atoms with Gasteiger partial charge in [-0.3, -0.25) is 9.59 Å². The van der Waals surface area contributed by atoms with E-state index in [1.807, 2.05) is 48.5 Å². The molecule has 0 aromatic heterocycles. The first-order valence-corrected chi connectivity index (χ1v) is 16.5. The predicted molar refractivity (Wildman–Crippen MR) is 187 cm³/mol. The molecule has 1 amide bonds. The molecule has 9 heteroatoms. The number of carbonyl (C=O) groups is 2. The van der Waals surface area contributed by atoms with Crippen LogP contribution in [0.25, 0.3) is 5.76 Å². The summed E-state index contributed by atoms with van der Waals surface area (Å²) >= 11 is 5.98. The number of aliphatic hydroxyl groups is 1. The van der Waals surface area contributed by atoms with Crippen LogP contribution in [0, 0.1) is 0 Å². The van der Waals surface area contributed by atoms with Gasteiger partial charge in [0.05, 0.1) is 18.7 Å². The molecule has 1 saturated heterocycles. The van der Waals surface area contributed by atoms with Gasteiger partial charge in [0.2, 0.25) is 0 Å². The van der Waals surface area contributed by atoms with E-state index in [1.54, 1.807) is 60.5 Å². The van der Waals surface area contributed by atoms with Crippen molar-refractivity contribution < 1.29 is 28.9 Å². The standard InChI is InChI=1S/C39H41ClN2O6/c1-4-41(5-2)22-9-23-42-36(30-16-21-33(34(24-30)46-3)48-26-27-10-7-6-8-11-27)35(38(44)39(42)45)37(43)29-14-19-32(20-15-29)47-25-28-12-17-31(40)18-13-28/h6-8,10-21,24,36,43H,4-5,9,22-23,25-26H2,1-3H3/b37-35-. The van der Waals surface area contributed by atoms with Crippen molar-refractivity contribution in [2.24, 2.45) is 0 Å². The van der Waals surface area contributed by atoms with E-state index in [1.165, 1.54) is 0 Å². The van der Waals surface area contributed by atoms with Crippen LogP contribution in [0.2, 0.25) is 5.02 Å². The Morgan fingerprint density at radius 3 is 2.17 bits per heavy atom. The molecule has 1 unspecified atom stereocenters. The molecule has 1 aliphatic heterocycles. The summed E-state index contributed by atoms with van der Waals surface area (Å²) in [7, 11) is 1.55. The molecule has 1 heterocycles. The zero-order valence-electron chi connectivity index (χ0n) is 27.5. The number of halogens is 1. The maximum atomic E-state index is 13.6. The molecule has 1 fully saturated rings. The highest BCUT2D eigenvalue weighted by Crippen LogP contribution is 2.42. The summed E-state index contributed by atoms with van der Waals surface area (Å²) in [5.41, 5.74) is 3.02. The summed E-state index contributed by atoms with van der Waals surface area (Å²) in [6.07, 6.45) is 0.667. The number of hydrogen-bond donors (Lipinski definition) is 1. The van der Waals surface area contributed by atoms with Crippen LogP contribution in [-0.4, -0.2) is 59.9 Å². The van der Waals surface area contributed by atoms with Crippen LogP contribution in [0.15, 0.2) is 103 Å². The molecule has 4 aromatic rings. The lowest BCUT2D eigenvalue weighted by atomic mass is 9.95. The molecule has 4 aromatic carbocycles. The number of rotatable bonds is 15. The molecule has 5 rings (SSSR count). The molecule has 0 aliphatic carbocycles. The third kappa shape index (κ3) is 8.19. The number of carbonyl (C=O) groups excluding carboxylic acids is 2. The van der Waals surface area contributed by atoms with Crippen molar-refractivity contribution in [3.8, 4) is 17.2 Å². The number of hydrogen-bond acceptors (Lipinski definition) is 7. The highest BCUT2D eigenvalue weighted by atomic mass is 35.5. The van der Waals surface area contributed by atoms with Gasteiger partial charge in [-0.2, -0.15) is 0 Å². The van der Waals surface area contributed by atoms with Gasteiger partial charge in [-0.1, -0.05) is 74.0 Å². The van der Waals surface area contributed by atoms with Gasteiger partial charge in [0.15, 0.2) is 11.5 Å². The number of benzene rings is 4. The third-order valence-electron chi connectivity index (χ3n) is 8.49. The minimum Gasteiger partial charge on any atom is -0.507 e. The van der Waals surface area contributed by atoms with Gasteiger partial charge >= 0.3 is 0 Å². The maximum absolute atomic E-state index is 13.6. The highest BCUT2D eigenvalue weighted by molar-refractivity contribution is 6.46. The SMILES string of the molecule is CCN(CC)CCCN1C(=O)C(=O)/C(=C(\O)c2ccc(OCc3ccc(Cl)cc3)cc2)C1c1ccc(OCc2ccccc2)c(OC)c1. The Hall–Kier alpha value is -4.79. The fourth-order valence-electron chi connectivity index (χ4n) is 5.78. The number of methoxy groups -OCH3 is 1. The van der Waals surface area contributed by atoms with Crippen LogP contribution in [0.4, 0.5) is 0 Å². The molecule has 0 bridgehead atoms. The smallest absolute Gasteiger partial charge is 0.295 e. The van der Waals surface area contributed by atoms with Crippen molar-refractivity contribution >= 4 is 29.1 Å². The van der Waals surface area contributed by atoms with E-state index in [0.717, 1.165) is 30.8 Å². The van der Waals surface area contributed by atoms with Crippen LogP contribution in [0.5, 0.6) is 17.2 Å². The molecule has 1 N–H and O–H groups in total. The van der Waals surface area contributed by atoms with Crippen molar-refractivity contribution in [3.05, 3.63) is 130 Å². The largest absolute Gasteiger partial charge is 0.507 e. The van der Waals surface area contributed by atoms with Crippen molar-refractivity contribution in [1.29, 1.82) is 0 Å². The molecule has 250 valence electrons. The second-order valence-electron chi connectivity index (χ2n) is 11.5. The molecule has 8 nitrogen and oxygen atoms in total. The van der Waals surface area contributed by atoms with Crippen molar-refractivity contribution in [2.75, 3.05) is 33.3 Å². The van der Waals surface area contributed by atoms with Crippen LogP contribution in [0.1, 0.15) is 48.6 Å². The Kier molecular flexibility index (Phi) is 11.8. The second kappa shape index (κ2) is 16.4. The van der Waals surface area contributed by atoms with Crippen LogP contribution < -0.4 is 14.2 Å². The topological polar surface area (TPSA) is 88.5 Å². The molecule has 1 aliphatic rings. The summed E-state index contributed by atoms with van der Waals surface area (Å²) < 4.78 is 17.7. The maximum Gasteiger partial charge on any atom is 0.295 e. The molecule has 0 spiro atoms. The van der Waals surface area contributed by atoms with Gasteiger partial charge < -0.3 is 29.1 Å². The number of ether oxygens (including phenoxy) is 3. The van der Waals surface area contributed by atoms with E-state index in [4.69, 9.17) is 25.8 Å². The lowest BCUT2D eigenvalue weighted by Gasteiger charge is -2.27. The lowest BCUT2D eigenvalue weighted by molar-refractivity contribution is -0.140. The summed E-state index contributed by atoms with van der Waals surface area (Å²) in [6, 6.07) is 28.5. The molecule has 0 radical (unpaired) electrons. The van der Waals surface area contributed by atoms with Crippen molar-refractivity contribution in [2.45, 2.75) is 39.5 Å². The monoisotopic (exact) mass is 668 g/mol. The number of Topliss-reactive ketones (excluding diaryl/α,β-unsaturated/α-hetero) is 1. The van der Waals surface area contributed by atoms with Gasteiger partial charge in [-0.25, -0.2) is 0 Å². The normalized spacial score (nSPS) is 15.6. The Morgan fingerprint density at radius 2 is 1.50 bits per heavy atom. The number of nitrogens with zero attached hydrogens (tertiary/aromatic N) is 2. The minimum absolute atomic E-state index is 0.0256. The van der Waals surface area contributed by atoms with Gasteiger partial charge in [0, 0.05) is 17.1 Å². The van der Waals surface area contributed by atoms with Crippen LogP contribution >= 0.6 is 11.6 Å². The van der Waals surface area contributed by atoms with E-state index >= 15 is 0 Å². The summed E-state index contributed by atoms with van der Waals surface area (Å²) in [5, 5.41) is 12.3. The average Bonchev–Trinajstić information content (AvgIpc) is 3.37. The fraction of sp³-hybridized carbons (Fsp3) is 0.282. The first kappa shape index (κ1) is 34.5. The van der Waals surface area contributed by atoms with E-state index in [-0.39, 0.29) is 11.3 Å². The van der Waals surface area contributed by atoms with Gasteiger partial charge in [-0.15, -0.1) is 0 Å². The number of likely N-dealkylation sites (tertiary alicyclic amines) is 1. The Bertz CT molecular complexity index is 1720. The average molecular weight is 669 g/mol. The predicted octanol–water partition coefficient (Wildman–Crippen LogP) is 7.66. The van der Waals surface area contributed by atoms with Crippen molar-refractivity contribution in [3.63, 3.8) is 0 Å². The number of amides is 1. The summed E-state index contributed by atoms with van der Waals surface area (Å²) in [5.74, 6) is -0.0563.